The maximum Gasteiger partial charge on any atom is 0.306 e. The van der Waals surface area contributed by atoms with Crippen molar-refractivity contribution in [1.29, 1.82) is 0 Å². The lowest BCUT2D eigenvalue weighted by molar-refractivity contribution is -0.167. The monoisotopic (exact) mass is 1070 g/mol. The fraction of sp³-hybridized carbons (Fsp3) is 0.704. The average Bonchev–Trinajstić information content (AvgIpc) is 3.43. The predicted molar refractivity (Wildman–Crippen MR) is 334 cm³/mol. The van der Waals surface area contributed by atoms with Crippen molar-refractivity contribution in [2.75, 3.05) is 13.2 Å². The molecule has 77 heavy (non-hydrogen) atoms. The topological polar surface area (TPSA) is 78.9 Å². The van der Waals surface area contributed by atoms with Crippen LogP contribution in [0.25, 0.3) is 0 Å². The van der Waals surface area contributed by atoms with Crippen molar-refractivity contribution in [3.63, 3.8) is 0 Å². The Balaban J connectivity index is 4.49. The Hall–Kier alpha value is -3.93. The van der Waals surface area contributed by atoms with E-state index in [4.69, 9.17) is 14.2 Å². The predicted octanol–water partition coefficient (Wildman–Crippen LogP) is 22.2. The molecule has 0 rings (SSSR count). The normalized spacial score (nSPS) is 12.8. The molecule has 1 unspecified atom stereocenters. The maximum atomic E-state index is 12.9. The second kappa shape index (κ2) is 64.6. The van der Waals surface area contributed by atoms with Gasteiger partial charge in [0.1, 0.15) is 13.2 Å². The lowest BCUT2D eigenvalue weighted by atomic mass is 10.1. The van der Waals surface area contributed by atoms with E-state index in [2.05, 4.69) is 130 Å². The fourth-order valence-electron chi connectivity index (χ4n) is 8.89. The van der Waals surface area contributed by atoms with Gasteiger partial charge in [-0.15, -0.1) is 0 Å². The van der Waals surface area contributed by atoms with Crippen LogP contribution in [0.1, 0.15) is 303 Å². The molecule has 0 aromatic carbocycles. The molecule has 0 aliphatic heterocycles. The fourth-order valence-corrected chi connectivity index (χ4v) is 8.89. The van der Waals surface area contributed by atoms with Crippen LogP contribution in [0, 0.1) is 0 Å². The van der Waals surface area contributed by atoms with Crippen LogP contribution in [0.2, 0.25) is 0 Å². The van der Waals surface area contributed by atoms with Gasteiger partial charge in [0.2, 0.25) is 0 Å². The van der Waals surface area contributed by atoms with E-state index in [1.165, 1.54) is 167 Å². The lowest BCUT2D eigenvalue weighted by Crippen LogP contribution is -2.30. The summed E-state index contributed by atoms with van der Waals surface area (Å²) in [7, 11) is 0. The number of hydrogen-bond donors (Lipinski definition) is 0. The van der Waals surface area contributed by atoms with Crippen molar-refractivity contribution in [3.8, 4) is 0 Å². The summed E-state index contributed by atoms with van der Waals surface area (Å²) in [5.74, 6) is -0.963. The first kappa shape index (κ1) is 73.1. The van der Waals surface area contributed by atoms with Gasteiger partial charge in [-0.3, -0.25) is 14.4 Å². The van der Waals surface area contributed by atoms with E-state index in [0.29, 0.717) is 19.3 Å². The van der Waals surface area contributed by atoms with Gasteiger partial charge in [-0.25, -0.2) is 0 Å². The summed E-state index contributed by atoms with van der Waals surface area (Å²) in [6, 6.07) is 0. The summed E-state index contributed by atoms with van der Waals surface area (Å²) >= 11 is 0. The Kier molecular flexibility index (Phi) is 61.3. The zero-order chi connectivity index (χ0) is 55.7. The standard InChI is InChI=1S/C71H120O6/c1-4-7-10-13-16-19-22-25-28-31-34-35-36-37-38-41-43-46-49-52-55-58-61-64-70(73)76-67-68(77-71(74)65-62-59-56-53-50-47-44-40-33-30-27-24-21-18-15-12-9-6-3)66-75-69(72)63-60-57-54-51-48-45-42-39-32-29-26-23-20-17-14-11-8-5-2/h7,10,16,19,25,28-30,32-35,37-38,43,46,52,55,68H,4-6,8-9,11-15,17-18,20-24,26-27,31,36,39-42,44-45,47-51,53-54,56-67H2,1-3H3/b10-7-,19-16-,28-25-,32-29-,33-30-,35-34-,38-37-,46-43-,55-52-. The highest BCUT2D eigenvalue weighted by Gasteiger charge is 2.19. The second-order valence-electron chi connectivity index (χ2n) is 21.3. The van der Waals surface area contributed by atoms with Gasteiger partial charge < -0.3 is 14.2 Å². The molecule has 6 heteroatoms. The van der Waals surface area contributed by atoms with Gasteiger partial charge in [-0.1, -0.05) is 271 Å². The zero-order valence-corrected chi connectivity index (χ0v) is 50.4. The highest BCUT2D eigenvalue weighted by molar-refractivity contribution is 5.71. The van der Waals surface area contributed by atoms with E-state index >= 15 is 0 Å². The molecule has 0 saturated heterocycles. The quantitative estimate of drug-likeness (QED) is 0.0261. The molecule has 0 saturated carbocycles. The first-order chi connectivity index (χ1) is 38.0. The van der Waals surface area contributed by atoms with Gasteiger partial charge in [-0.05, 0) is 122 Å². The number of carbonyl (C=O) groups excluding carboxylic acids is 3. The Bertz CT molecular complexity index is 1560. The molecule has 1 atom stereocenters. The number of hydrogen-bond acceptors (Lipinski definition) is 6. The van der Waals surface area contributed by atoms with E-state index in [9.17, 15) is 14.4 Å². The molecule has 0 radical (unpaired) electrons. The third-order valence-electron chi connectivity index (χ3n) is 13.7. The molecule has 0 aliphatic carbocycles. The van der Waals surface area contributed by atoms with Gasteiger partial charge in [0.05, 0.1) is 0 Å². The summed E-state index contributed by atoms with van der Waals surface area (Å²) < 4.78 is 16.9. The van der Waals surface area contributed by atoms with Crippen LogP contribution in [-0.4, -0.2) is 37.2 Å². The Morgan fingerprint density at radius 3 is 0.857 bits per heavy atom. The van der Waals surface area contributed by atoms with Gasteiger partial charge in [0.15, 0.2) is 6.10 Å². The number of rotatable bonds is 58. The summed E-state index contributed by atoms with van der Waals surface area (Å²) in [5.41, 5.74) is 0. The number of unbranched alkanes of at least 4 members (excludes halogenated alkanes) is 29. The Morgan fingerprint density at radius 1 is 0.273 bits per heavy atom. The lowest BCUT2D eigenvalue weighted by Gasteiger charge is -2.18. The molecule has 0 spiro atoms. The molecular weight excluding hydrogens is 949 g/mol. The van der Waals surface area contributed by atoms with Crippen LogP contribution in [-0.2, 0) is 28.6 Å². The molecule has 0 aromatic rings. The zero-order valence-electron chi connectivity index (χ0n) is 50.4. The number of esters is 3. The van der Waals surface area contributed by atoms with E-state index in [1.807, 2.05) is 0 Å². The van der Waals surface area contributed by atoms with E-state index in [0.717, 1.165) is 89.9 Å². The first-order valence-electron chi connectivity index (χ1n) is 32.4. The van der Waals surface area contributed by atoms with E-state index in [1.54, 1.807) is 0 Å². The number of allylic oxidation sites excluding steroid dienone is 18. The number of carbonyl (C=O) groups is 3. The molecule has 0 amide bonds. The highest BCUT2D eigenvalue weighted by atomic mass is 16.6. The minimum absolute atomic E-state index is 0.100. The van der Waals surface area contributed by atoms with Crippen LogP contribution < -0.4 is 0 Å². The van der Waals surface area contributed by atoms with Gasteiger partial charge in [0.25, 0.3) is 0 Å². The molecule has 0 bridgehead atoms. The van der Waals surface area contributed by atoms with Crippen molar-refractivity contribution < 1.29 is 28.6 Å². The minimum atomic E-state index is -0.809. The largest absolute Gasteiger partial charge is 0.462 e. The van der Waals surface area contributed by atoms with Crippen LogP contribution in [0.3, 0.4) is 0 Å². The van der Waals surface area contributed by atoms with Crippen LogP contribution in [0.5, 0.6) is 0 Å². The smallest absolute Gasteiger partial charge is 0.306 e. The molecule has 6 nitrogen and oxygen atoms in total. The summed E-state index contributed by atoms with van der Waals surface area (Å²) in [5, 5.41) is 0. The Morgan fingerprint density at radius 2 is 0.519 bits per heavy atom. The highest BCUT2D eigenvalue weighted by Crippen LogP contribution is 2.15. The molecule has 0 N–H and O–H groups in total. The summed E-state index contributed by atoms with van der Waals surface area (Å²) in [6.07, 6.45) is 88.1. The van der Waals surface area contributed by atoms with Gasteiger partial charge in [0, 0.05) is 19.3 Å². The van der Waals surface area contributed by atoms with Crippen LogP contribution in [0.15, 0.2) is 109 Å². The van der Waals surface area contributed by atoms with Crippen molar-refractivity contribution in [2.24, 2.45) is 0 Å². The third-order valence-corrected chi connectivity index (χ3v) is 13.7. The molecule has 0 aromatic heterocycles. The van der Waals surface area contributed by atoms with Crippen molar-refractivity contribution in [2.45, 2.75) is 309 Å². The minimum Gasteiger partial charge on any atom is -0.462 e. The molecular formula is C71H120O6. The maximum absolute atomic E-state index is 12.9. The average molecular weight is 1070 g/mol. The summed E-state index contributed by atoms with van der Waals surface area (Å²) in [6.45, 7) is 6.49. The van der Waals surface area contributed by atoms with Gasteiger partial charge >= 0.3 is 17.9 Å². The molecule has 440 valence electrons. The second-order valence-corrected chi connectivity index (χ2v) is 21.3. The van der Waals surface area contributed by atoms with Gasteiger partial charge in [-0.2, -0.15) is 0 Å². The van der Waals surface area contributed by atoms with Crippen molar-refractivity contribution in [1.82, 2.24) is 0 Å². The molecule has 0 heterocycles. The summed E-state index contributed by atoms with van der Waals surface area (Å²) in [4.78, 5) is 38.3. The van der Waals surface area contributed by atoms with E-state index < -0.39 is 6.10 Å². The van der Waals surface area contributed by atoms with Crippen LogP contribution in [0.4, 0.5) is 0 Å². The van der Waals surface area contributed by atoms with E-state index in [-0.39, 0.29) is 37.5 Å². The molecule has 0 aliphatic rings. The SMILES string of the molecule is CC/C=C\C/C=C\C/C=C\C/C=C\C/C=C\C/C=C\C/C=C\CCCC(=O)OCC(COC(=O)CCCCCCCCC/C=C\CCCCCCCCC)OC(=O)CCCCCCCCC/C=C\CCCCCCCCC. The third kappa shape index (κ3) is 62.8. The molecule has 0 fully saturated rings. The van der Waals surface area contributed by atoms with Crippen LogP contribution >= 0.6 is 0 Å². The van der Waals surface area contributed by atoms with Crippen molar-refractivity contribution in [3.05, 3.63) is 109 Å². The number of ether oxygens (including phenoxy) is 3. The van der Waals surface area contributed by atoms with Crippen molar-refractivity contribution >= 4 is 17.9 Å². The Labute approximate surface area is 476 Å². The first-order valence-corrected chi connectivity index (χ1v) is 32.4.